The number of rotatable bonds is 9. The van der Waals surface area contributed by atoms with Crippen molar-refractivity contribution in [2.75, 3.05) is 6.61 Å². The van der Waals surface area contributed by atoms with Gasteiger partial charge in [0.2, 0.25) is 12.0 Å². The van der Waals surface area contributed by atoms with Crippen molar-refractivity contribution in [1.29, 1.82) is 0 Å². The lowest BCUT2D eigenvalue weighted by molar-refractivity contribution is -0.282. The Labute approximate surface area is 240 Å². The van der Waals surface area contributed by atoms with Crippen LogP contribution in [0.3, 0.4) is 0 Å². The van der Waals surface area contributed by atoms with Crippen LogP contribution in [0.25, 0.3) is 22.3 Å². The standard InChI is InChI=1S/C27H28O16/c1-27(39,7-18(32)33)8-19(34)43-25-22(36)17(9-28)42-26(24(25)38)41-16-6-15-20(23(37)21(16)35)13(31)5-14(40-15)10-2-3-11(29)12(30)4-10/h2-6,17,22,24-26,28-30,35-39H,7-9H2,1H3,(H,32,33)/t17-,22-,24-,25+,26-,27-/m1/s1. The lowest BCUT2D eigenvalue weighted by Gasteiger charge is -2.41. The summed E-state index contributed by atoms with van der Waals surface area (Å²) in [4.78, 5) is 36.1. The monoisotopic (exact) mass is 608 g/mol. The first-order chi connectivity index (χ1) is 20.1. The maximum Gasteiger partial charge on any atom is 0.309 e. The zero-order valence-corrected chi connectivity index (χ0v) is 22.3. The minimum atomic E-state index is -2.04. The molecule has 1 aliphatic heterocycles. The van der Waals surface area contributed by atoms with Gasteiger partial charge in [0.1, 0.15) is 28.9 Å². The number of benzene rings is 2. The number of fused-ring (bicyclic) bond motifs is 1. The van der Waals surface area contributed by atoms with Crippen LogP contribution in [0.2, 0.25) is 0 Å². The maximum absolute atomic E-state index is 12.8. The van der Waals surface area contributed by atoms with Crippen molar-refractivity contribution in [2.45, 2.75) is 56.1 Å². The highest BCUT2D eigenvalue weighted by atomic mass is 16.7. The molecule has 43 heavy (non-hydrogen) atoms. The molecule has 3 aromatic rings. The summed E-state index contributed by atoms with van der Waals surface area (Å²) >= 11 is 0. The van der Waals surface area contributed by atoms with Crippen LogP contribution in [0.1, 0.15) is 19.8 Å². The topological polar surface area (TPSA) is 274 Å². The fraction of sp³-hybridized carbons (Fsp3) is 0.370. The number of esters is 1. The number of aliphatic hydroxyl groups excluding tert-OH is 3. The molecule has 0 amide bonds. The van der Waals surface area contributed by atoms with Crippen LogP contribution in [-0.2, 0) is 19.1 Å². The minimum Gasteiger partial charge on any atom is -0.504 e. The number of aromatic hydroxyl groups is 4. The molecule has 232 valence electrons. The molecule has 0 unspecified atom stereocenters. The van der Waals surface area contributed by atoms with E-state index in [0.29, 0.717) is 0 Å². The first-order valence-electron chi connectivity index (χ1n) is 12.6. The molecule has 0 aliphatic carbocycles. The summed E-state index contributed by atoms with van der Waals surface area (Å²) in [6, 6.07) is 5.48. The second-order valence-corrected chi connectivity index (χ2v) is 10.1. The molecule has 4 rings (SSSR count). The molecule has 16 nitrogen and oxygen atoms in total. The van der Waals surface area contributed by atoms with Crippen LogP contribution in [0.4, 0.5) is 0 Å². The Morgan fingerprint density at radius 3 is 2.30 bits per heavy atom. The largest absolute Gasteiger partial charge is 0.504 e. The molecule has 16 heteroatoms. The van der Waals surface area contributed by atoms with E-state index >= 15 is 0 Å². The number of carbonyl (C=O) groups is 2. The summed E-state index contributed by atoms with van der Waals surface area (Å²) in [6.07, 6.45) is -10.7. The number of carboxylic acids is 1. The number of hydrogen-bond acceptors (Lipinski definition) is 15. The van der Waals surface area contributed by atoms with Gasteiger partial charge < -0.3 is 64.6 Å². The van der Waals surface area contributed by atoms with E-state index in [4.69, 9.17) is 23.7 Å². The number of aliphatic hydroxyl groups is 4. The molecular formula is C27H28O16. The van der Waals surface area contributed by atoms with E-state index in [1.54, 1.807) is 0 Å². The van der Waals surface area contributed by atoms with Crippen LogP contribution in [0.15, 0.2) is 39.5 Å². The molecule has 0 spiro atoms. The second kappa shape index (κ2) is 11.9. The zero-order chi connectivity index (χ0) is 31.8. The van der Waals surface area contributed by atoms with Crippen molar-refractivity contribution in [3.8, 4) is 40.1 Å². The molecule has 2 aromatic carbocycles. The summed E-state index contributed by atoms with van der Waals surface area (Å²) in [7, 11) is 0. The smallest absolute Gasteiger partial charge is 0.309 e. The van der Waals surface area contributed by atoms with Crippen molar-refractivity contribution >= 4 is 22.9 Å². The average Bonchev–Trinajstić information content (AvgIpc) is 2.91. The first kappa shape index (κ1) is 31.3. The van der Waals surface area contributed by atoms with Gasteiger partial charge >= 0.3 is 11.9 Å². The lowest BCUT2D eigenvalue weighted by atomic mass is 9.97. The number of carboxylic acid groups (broad SMARTS) is 1. The molecule has 2 heterocycles. The molecule has 0 saturated carbocycles. The highest BCUT2D eigenvalue weighted by Crippen LogP contribution is 2.43. The molecule has 1 aliphatic rings. The van der Waals surface area contributed by atoms with Crippen LogP contribution in [0, 0.1) is 0 Å². The molecule has 1 saturated heterocycles. The quantitative estimate of drug-likeness (QED) is 0.111. The number of ether oxygens (including phenoxy) is 3. The maximum atomic E-state index is 12.8. The highest BCUT2D eigenvalue weighted by molar-refractivity contribution is 5.89. The summed E-state index contributed by atoms with van der Waals surface area (Å²) in [5.41, 5.74) is -3.03. The second-order valence-electron chi connectivity index (χ2n) is 10.1. The van der Waals surface area contributed by atoms with Gasteiger partial charge in [0.15, 0.2) is 40.6 Å². The van der Waals surface area contributed by atoms with Gasteiger partial charge in [-0.05, 0) is 25.1 Å². The van der Waals surface area contributed by atoms with E-state index in [2.05, 4.69) is 0 Å². The van der Waals surface area contributed by atoms with E-state index in [9.17, 15) is 55.2 Å². The van der Waals surface area contributed by atoms with E-state index in [1.165, 1.54) is 6.07 Å². The summed E-state index contributed by atoms with van der Waals surface area (Å²) in [5, 5.41) is 90.1. The Kier molecular flexibility index (Phi) is 8.70. The van der Waals surface area contributed by atoms with Gasteiger partial charge in [0.05, 0.1) is 25.0 Å². The van der Waals surface area contributed by atoms with Crippen LogP contribution in [-0.4, -0.2) is 101 Å². The Hall–Kier alpha value is -4.61. The third kappa shape index (κ3) is 6.58. The molecule has 6 atom stereocenters. The van der Waals surface area contributed by atoms with Crippen LogP contribution >= 0.6 is 0 Å². The van der Waals surface area contributed by atoms with E-state index in [-0.39, 0.29) is 16.9 Å². The van der Waals surface area contributed by atoms with Gasteiger partial charge in [0, 0.05) is 17.7 Å². The van der Waals surface area contributed by atoms with Gasteiger partial charge in [-0.15, -0.1) is 0 Å². The summed E-state index contributed by atoms with van der Waals surface area (Å²) in [5.74, 6) is -6.27. The molecule has 9 N–H and O–H groups in total. The van der Waals surface area contributed by atoms with Crippen LogP contribution in [0.5, 0.6) is 28.7 Å². The third-order valence-corrected chi connectivity index (χ3v) is 6.58. The van der Waals surface area contributed by atoms with Crippen molar-refractivity contribution < 1.29 is 74.2 Å². The fourth-order valence-electron chi connectivity index (χ4n) is 4.49. The number of phenolic OH excluding ortho intramolecular Hbond substituents is 4. The Balaban J connectivity index is 1.65. The Morgan fingerprint density at radius 1 is 0.977 bits per heavy atom. The SMILES string of the molecule is C[C@@](O)(CC(=O)O)CC(=O)O[C@@H]1[C@@H](O)[C@H](Oc2cc3oc(-c4ccc(O)c(O)c4)cc(=O)c3c(O)c2O)O[C@H](CO)[C@H]1O. The van der Waals surface area contributed by atoms with Crippen molar-refractivity contribution in [3.05, 3.63) is 40.6 Å². The molecule has 1 aromatic heterocycles. The lowest BCUT2D eigenvalue weighted by Crippen LogP contribution is -2.61. The van der Waals surface area contributed by atoms with Crippen molar-refractivity contribution in [3.63, 3.8) is 0 Å². The summed E-state index contributed by atoms with van der Waals surface area (Å²) in [6.45, 7) is 0.190. The first-order valence-corrected chi connectivity index (χ1v) is 12.6. The van der Waals surface area contributed by atoms with Gasteiger partial charge in [-0.25, -0.2) is 0 Å². The van der Waals surface area contributed by atoms with Gasteiger partial charge in [-0.1, -0.05) is 0 Å². The molecule has 1 fully saturated rings. The normalized spacial score (nSPS) is 23.4. The number of phenols is 4. The minimum absolute atomic E-state index is 0.119. The third-order valence-electron chi connectivity index (χ3n) is 6.58. The number of hydrogen-bond donors (Lipinski definition) is 9. The molecular weight excluding hydrogens is 580 g/mol. The predicted molar refractivity (Wildman–Crippen MR) is 140 cm³/mol. The fourth-order valence-corrected chi connectivity index (χ4v) is 4.49. The van der Waals surface area contributed by atoms with Crippen LogP contribution < -0.4 is 10.2 Å². The van der Waals surface area contributed by atoms with Crippen molar-refractivity contribution in [2.24, 2.45) is 0 Å². The van der Waals surface area contributed by atoms with E-state index < -0.39 is 107 Å². The Morgan fingerprint density at radius 2 is 1.67 bits per heavy atom. The zero-order valence-electron chi connectivity index (χ0n) is 22.3. The van der Waals surface area contributed by atoms with Gasteiger partial charge in [-0.2, -0.15) is 0 Å². The Bertz CT molecular complexity index is 1590. The average molecular weight is 609 g/mol. The van der Waals surface area contributed by atoms with E-state index in [0.717, 1.165) is 31.2 Å². The highest BCUT2D eigenvalue weighted by Gasteiger charge is 2.48. The summed E-state index contributed by atoms with van der Waals surface area (Å²) < 4.78 is 21.6. The van der Waals surface area contributed by atoms with E-state index in [1.807, 2.05) is 0 Å². The van der Waals surface area contributed by atoms with Crippen molar-refractivity contribution in [1.82, 2.24) is 0 Å². The van der Waals surface area contributed by atoms with Gasteiger partial charge in [-0.3, -0.25) is 14.4 Å². The molecule has 0 bridgehead atoms. The number of aliphatic carboxylic acids is 1. The predicted octanol–water partition coefficient (Wildman–Crippen LogP) is -0.372. The van der Waals surface area contributed by atoms with Gasteiger partial charge in [0.25, 0.3) is 0 Å². The molecule has 0 radical (unpaired) electrons. The number of carbonyl (C=O) groups excluding carboxylic acids is 1.